The number of hydrogen-bond donors (Lipinski definition) is 1. The molecule has 10 heavy (non-hydrogen) atoms. The van der Waals surface area contributed by atoms with Crippen molar-refractivity contribution in [3.8, 4) is 0 Å². The van der Waals surface area contributed by atoms with Crippen LogP contribution >= 0.6 is 0 Å². The SMILES string of the molecule is CONc1ccc(F)cc1. The highest BCUT2D eigenvalue weighted by molar-refractivity contribution is 5.40. The summed E-state index contributed by atoms with van der Waals surface area (Å²) in [6, 6.07) is 5.92. The van der Waals surface area contributed by atoms with Crippen molar-refractivity contribution in [3.63, 3.8) is 0 Å². The van der Waals surface area contributed by atoms with Crippen LogP contribution in [0.1, 0.15) is 0 Å². The predicted octanol–water partition coefficient (Wildman–Crippen LogP) is 1.80. The van der Waals surface area contributed by atoms with Crippen LogP contribution in [0.3, 0.4) is 0 Å². The van der Waals surface area contributed by atoms with Crippen LogP contribution in [0.4, 0.5) is 10.1 Å². The van der Waals surface area contributed by atoms with E-state index in [2.05, 4.69) is 10.3 Å². The Hall–Kier alpha value is -1.09. The van der Waals surface area contributed by atoms with Gasteiger partial charge in [0.2, 0.25) is 0 Å². The molecule has 0 bridgehead atoms. The lowest BCUT2D eigenvalue weighted by Crippen LogP contribution is -1.94. The van der Waals surface area contributed by atoms with Gasteiger partial charge < -0.3 is 0 Å². The molecule has 0 aliphatic carbocycles. The first-order valence-corrected chi connectivity index (χ1v) is 2.87. The van der Waals surface area contributed by atoms with Crippen molar-refractivity contribution in [2.75, 3.05) is 12.6 Å². The van der Waals surface area contributed by atoms with Gasteiger partial charge in [0, 0.05) is 0 Å². The largest absolute Gasteiger partial charge is 0.279 e. The van der Waals surface area contributed by atoms with Gasteiger partial charge in [0.05, 0.1) is 12.8 Å². The molecule has 1 rings (SSSR count). The number of anilines is 1. The minimum Gasteiger partial charge on any atom is -0.279 e. The number of benzene rings is 1. The van der Waals surface area contributed by atoms with Gasteiger partial charge in [0.15, 0.2) is 0 Å². The lowest BCUT2D eigenvalue weighted by atomic mass is 10.3. The standard InChI is InChI=1S/C7H8FNO/c1-10-9-7-4-2-6(8)3-5-7/h2-5,9H,1H3. The molecule has 0 unspecified atom stereocenters. The summed E-state index contributed by atoms with van der Waals surface area (Å²) < 4.78 is 12.3. The van der Waals surface area contributed by atoms with Crippen LogP contribution < -0.4 is 5.48 Å². The molecule has 1 aromatic rings. The van der Waals surface area contributed by atoms with E-state index in [-0.39, 0.29) is 5.82 Å². The third-order valence-corrected chi connectivity index (χ3v) is 1.06. The fourth-order valence-corrected chi connectivity index (χ4v) is 0.636. The number of halogens is 1. The maximum Gasteiger partial charge on any atom is 0.123 e. The van der Waals surface area contributed by atoms with E-state index in [1.165, 1.54) is 19.2 Å². The van der Waals surface area contributed by atoms with Crippen LogP contribution in [0, 0.1) is 5.82 Å². The summed E-state index contributed by atoms with van der Waals surface area (Å²) in [4.78, 5) is 4.60. The summed E-state index contributed by atoms with van der Waals surface area (Å²) in [5.41, 5.74) is 3.31. The summed E-state index contributed by atoms with van der Waals surface area (Å²) >= 11 is 0. The Kier molecular flexibility index (Phi) is 2.23. The molecule has 2 nitrogen and oxygen atoms in total. The lowest BCUT2D eigenvalue weighted by Gasteiger charge is -2.00. The zero-order chi connectivity index (χ0) is 7.40. The van der Waals surface area contributed by atoms with Crippen LogP contribution in [0.25, 0.3) is 0 Å². The Morgan fingerprint density at radius 3 is 2.40 bits per heavy atom. The fourth-order valence-electron chi connectivity index (χ4n) is 0.636. The molecule has 0 aliphatic rings. The minimum atomic E-state index is -0.248. The molecule has 0 spiro atoms. The van der Waals surface area contributed by atoms with Crippen LogP contribution in [0.2, 0.25) is 0 Å². The van der Waals surface area contributed by atoms with Crippen molar-refractivity contribution < 1.29 is 9.23 Å². The minimum absolute atomic E-state index is 0.248. The second kappa shape index (κ2) is 3.17. The van der Waals surface area contributed by atoms with E-state index in [4.69, 9.17) is 0 Å². The van der Waals surface area contributed by atoms with Crippen molar-refractivity contribution >= 4 is 5.69 Å². The molecule has 0 aliphatic heterocycles. The zero-order valence-electron chi connectivity index (χ0n) is 5.60. The fraction of sp³-hybridized carbons (Fsp3) is 0.143. The highest BCUT2D eigenvalue weighted by Crippen LogP contribution is 2.06. The van der Waals surface area contributed by atoms with Crippen molar-refractivity contribution in [1.29, 1.82) is 0 Å². The van der Waals surface area contributed by atoms with Gasteiger partial charge in [-0.3, -0.25) is 10.3 Å². The summed E-state index contributed by atoms with van der Waals surface area (Å²) in [5.74, 6) is -0.248. The topological polar surface area (TPSA) is 21.3 Å². The summed E-state index contributed by atoms with van der Waals surface area (Å²) in [7, 11) is 1.50. The molecule has 3 heteroatoms. The molecule has 1 aromatic carbocycles. The predicted molar refractivity (Wildman–Crippen MR) is 37.0 cm³/mol. The molecule has 0 saturated carbocycles. The Bertz CT molecular complexity index is 197. The second-order valence-corrected chi connectivity index (χ2v) is 1.81. The molecule has 1 N–H and O–H groups in total. The molecule has 0 fully saturated rings. The van der Waals surface area contributed by atoms with Crippen molar-refractivity contribution in [1.82, 2.24) is 0 Å². The molecule has 0 radical (unpaired) electrons. The average molecular weight is 141 g/mol. The van der Waals surface area contributed by atoms with Crippen LogP contribution in [0.15, 0.2) is 24.3 Å². The zero-order valence-corrected chi connectivity index (χ0v) is 5.60. The van der Waals surface area contributed by atoms with Gasteiger partial charge in [-0.05, 0) is 24.3 Å². The number of rotatable bonds is 2. The highest BCUT2D eigenvalue weighted by Gasteiger charge is 1.89. The number of hydrogen-bond acceptors (Lipinski definition) is 2. The molecule has 0 heterocycles. The van der Waals surface area contributed by atoms with Crippen molar-refractivity contribution in [3.05, 3.63) is 30.1 Å². The van der Waals surface area contributed by atoms with Gasteiger partial charge in [0.1, 0.15) is 5.82 Å². The molecule has 0 saturated heterocycles. The quantitative estimate of drug-likeness (QED) is 0.634. The van der Waals surface area contributed by atoms with Gasteiger partial charge in [-0.25, -0.2) is 4.39 Å². The normalized spacial score (nSPS) is 9.40. The molecular formula is C7H8FNO. The highest BCUT2D eigenvalue weighted by atomic mass is 19.1. The van der Waals surface area contributed by atoms with Gasteiger partial charge in [-0.2, -0.15) is 0 Å². The first-order valence-electron chi connectivity index (χ1n) is 2.87. The van der Waals surface area contributed by atoms with Gasteiger partial charge in [-0.15, -0.1) is 0 Å². The van der Waals surface area contributed by atoms with Gasteiger partial charge in [0.25, 0.3) is 0 Å². The molecule has 0 atom stereocenters. The molecule has 54 valence electrons. The van der Waals surface area contributed by atoms with Gasteiger partial charge >= 0.3 is 0 Å². The maximum absolute atomic E-state index is 12.3. The van der Waals surface area contributed by atoms with E-state index >= 15 is 0 Å². The second-order valence-electron chi connectivity index (χ2n) is 1.81. The summed E-state index contributed by atoms with van der Waals surface area (Å²) in [5, 5.41) is 0. The van der Waals surface area contributed by atoms with E-state index in [1.807, 2.05) is 0 Å². The molecule has 0 aromatic heterocycles. The Morgan fingerprint density at radius 1 is 1.30 bits per heavy atom. The maximum atomic E-state index is 12.3. The first-order chi connectivity index (χ1) is 4.83. The third kappa shape index (κ3) is 1.70. The first kappa shape index (κ1) is 7.02. The van der Waals surface area contributed by atoms with Crippen LogP contribution in [-0.2, 0) is 4.84 Å². The van der Waals surface area contributed by atoms with E-state index < -0.39 is 0 Å². The smallest absolute Gasteiger partial charge is 0.123 e. The summed E-state index contributed by atoms with van der Waals surface area (Å²) in [6.45, 7) is 0. The molecule has 0 amide bonds. The van der Waals surface area contributed by atoms with Crippen molar-refractivity contribution in [2.45, 2.75) is 0 Å². The molecular weight excluding hydrogens is 133 g/mol. The van der Waals surface area contributed by atoms with Crippen LogP contribution in [-0.4, -0.2) is 7.11 Å². The van der Waals surface area contributed by atoms with Crippen LogP contribution in [0.5, 0.6) is 0 Å². The Balaban J connectivity index is 2.69. The number of nitrogens with one attached hydrogen (secondary N) is 1. The summed E-state index contributed by atoms with van der Waals surface area (Å²) in [6.07, 6.45) is 0. The average Bonchev–Trinajstić information content (AvgIpc) is 1.95. The Morgan fingerprint density at radius 2 is 1.90 bits per heavy atom. The van der Waals surface area contributed by atoms with Crippen molar-refractivity contribution in [2.24, 2.45) is 0 Å². The Labute approximate surface area is 58.6 Å². The van der Waals surface area contributed by atoms with E-state index in [0.717, 1.165) is 5.69 Å². The van der Waals surface area contributed by atoms with E-state index in [9.17, 15) is 4.39 Å². The monoisotopic (exact) mass is 141 g/mol. The van der Waals surface area contributed by atoms with Gasteiger partial charge in [-0.1, -0.05) is 0 Å². The third-order valence-electron chi connectivity index (χ3n) is 1.06. The lowest BCUT2D eigenvalue weighted by molar-refractivity contribution is 0.271. The van der Waals surface area contributed by atoms with E-state index in [0.29, 0.717) is 0 Å². The van der Waals surface area contributed by atoms with E-state index in [1.54, 1.807) is 12.1 Å².